The minimum Gasteiger partial charge on any atom is -0.466 e. The van der Waals surface area contributed by atoms with E-state index in [1.807, 2.05) is 30.3 Å². The van der Waals surface area contributed by atoms with Crippen molar-refractivity contribution in [3.05, 3.63) is 65.7 Å². The average Bonchev–Trinajstić information content (AvgIpc) is 2.72. The minimum absolute atomic E-state index is 0.102. The topological polar surface area (TPSA) is 111 Å². The second-order valence-electron chi connectivity index (χ2n) is 6.61. The summed E-state index contributed by atoms with van der Waals surface area (Å²) in [7, 11) is 0. The van der Waals surface area contributed by atoms with Gasteiger partial charge in [0.15, 0.2) is 5.11 Å². The second-order valence-corrected chi connectivity index (χ2v) is 7.02. The number of esters is 1. The Bertz CT molecular complexity index is 887. The van der Waals surface area contributed by atoms with E-state index in [9.17, 15) is 14.4 Å². The largest absolute Gasteiger partial charge is 0.466 e. The van der Waals surface area contributed by atoms with Crippen LogP contribution in [0.15, 0.2) is 54.6 Å². The molecular weight excluding hydrogens is 402 g/mol. The van der Waals surface area contributed by atoms with Gasteiger partial charge in [0.2, 0.25) is 11.8 Å². The molecule has 0 aliphatic rings. The number of anilines is 1. The molecule has 8 heteroatoms. The molecule has 0 saturated heterocycles. The smallest absolute Gasteiger partial charge is 0.305 e. The Morgan fingerprint density at radius 3 is 2.47 bits per heavy atom. The lowest BCUT2D eigenvalue weighted by atomic mass is 10.1. The van der Waals surface area contributed by atoms with Gasteiger partial charge in [0.25, 0.3) is 0 Å². The first-order valence-electron chi connectivity index (χ1n) is 9.64. The third kappa shape index (κ3) is 8.83. The first kappa shape index (κ1) is 23.0. The fourth-order valence-corrected chi connectivity index (χ4v) is 2.91. The maximum absolute atomic E-state index is 12.0. The van der Waals surface area contributed by atoms with Crippen molar-refractivity contribution in [2.75, 3.05) is 11.9 Å². The van der Waals surface area contributed by atoms with Crippen molar-refractivity contribution in [3.63, 3.8) is 0 Å². The Labute approximate surface area is 181 Å². The Hall–Kier alpha value is -3.26. The quantitative estimate of drug-likeness (QED) is 0.305. The van der Waals surface area contributed by atoms with Crippen molar-refractivity contribution in [1.82, 2.24) is 5.32 Å². The van der Waals surface area contributed by atoms with Gasteiger partial charge in [-0.1, -0.05) is 36.4 Å². The van der Waals surface area contributed by atoms with Crippen molar-refractivity contribution in [2.24, 2.45) is 5.73 Å². The fourth-order valence-electron chi connectivity index (χ4n) is 2.67. The number of nitrogens with one attached hydrogen (secondary N) is 2. The summed E-state index contributed by atoms with van der Waals surface area (Å²) >= 11 is 5.08. The lowest BCUT2D eigenvalue weighted by Gasteiger charge is -2.10. The number of hydrogen-bond donors (Lipinski definition) is 3. The van der Waals surface area contributed by atoms with Gasteiger partial charge in [-0.15, -0.1) is 0 Å². The molecule has 0 saturated carbocycles. The van der Waals surface area contributed by atoms with Gasteiger partial charge >= 0.3 is 5.97 Å². The molecule has 0 spiro atoms. The number of carbonyl (C=O) groups is 3. The molecule has 0 aliphatic heterocycles. The van der Waals surface area contributed by atoms with Crippen LogP contribution in [0, 0.1) is 0 Å². The lowest BCUT2D eigenvalue weighted by molar-refractivity contribution is -0.143. The monoisotopic (exact) mass is 427 g/mol. The van der Waals surface area contributed by atoms with Crippen LogP contribution < -0.4 is 16.4 Å². The van der Waals surface area contributed by atoms with Crippen LogP contribution in [0.25, 0.3) is 0 Å². The number of carbonyl (C=O) groups excluding carboxylic acids is 3. The van der Waals surface area contributed by atoms with Crippen LogP contribution in [0.1, 0.15) is 41.6 Å². The molecule has 0 radical (unpaired) electrons. The van der Waals surface area contributed by atoms with Crippen molar-refractivity contribution in [3.8, 4) is 0 Å². The summed E-state index contributed by atoms with van der Waals surface area (Å²) in [6.07, 6.45) is 2.28. The number of thiocarbonyl (C=S) groups is 1. The molecule has 2 amide bonds. The highest BCUT2D eigenvalue weighted by molar-refractivity contribution is 7.80. The number of benzene rings is 2. The predicted molar refractivity (Wildman–Crippen MR) is 119 cm³/mol. The van der Waals surface area contributed by atoms with Gasteiger partial charge in [0.1, 0.15) is 0 Å². The lowest BCUT2D eigenvalue weighted by Crippen LogP contribution is -2.34. The summed E-state index contributed by atoms with van der Waals surface area (Å²) in [6, 6.07) is 16.4. The van der Waals surface area contributed by atoms with Crippen LogP contribution in [0.3, 0.4) is 0 Å². The normalized spacial score (nSPS) is 10.1. The van der Waals surface area contributed by atoms with E-state index in [1.165, 1.54) is 11.6 Å². The maximum Gasteiger partial charge on any atom is 0.305 e. The molecule has 0 bridgehead atoms. The summed E-state index contributed by atoms with van der Waals surface area (Å²) in [5.74, 6) is -1.18. The van der Waals surface area contributed by atoms with Gasteiger partial charge in [-0.05, 0) is 55.2 Å². The van der Waals surface area contributed by atoms with Crippen molar-refractivity contribution >= 4 is 40.8 Å². The predicted octanol–water partition coefficient (Wildman–Crippen LogP) is 2.94. The SMILES string of the molecule is NC(=O)c1cccc(NC(=S)NC(=O)CCCC(=O)OCCCc2ccccc2)c1. The molecular formula is C22H25N3O4S. The van der Waals surface area contributed by atoms with E-state index in [1.54, 1.807) is 18.2 Å². The molecule has 0 heterocycles. The van der Waals surface area contributed by atoms with Crippen LogP contribution in [0.5, 0.6) is 0 Å². The van der Waals surface area contributed by atoms with Crippen molar-refractivity contribution < 1.29 is 19.1 Å². The van der Waals surface area contributed by atoms with E-state index in [0.717, 1.165) is 12.8 Å². The van der Waals surface area contributed by atoms with Crippen LogP contribution in [-0.4, -0.2) is 29.5 Å². The molecule has 158 valence electrons. The summed E-state index contributed by atoms with van der Waals surface area (Å²) in [5, 5.41) is 5.45. The summed E-state index contributed by atoms with van der Waals surface area (Å²) in [6.45, 7) is 0.359. The standard InChI is InChI=1S/C22H25N3O4S/c23-21(28)17-10-4-11-18(15-17)24-22(30)25-19(26)12-5-13-20(27)29-14-6-9-16-7-2-1-3-8-16/h1-4,7-8,10-11,15H,5-6,9,12-14H2,(H2,23,28)(H2,24,25,26,30). The van der Waals surface area contributed by atoms with E-state index >= 15 is 0 Å². The number of hydrogen-bond acceptors (Lipinski definition) is 5. The Balaban J connectivity index is 1.58. The van der Waals surface area contributed by atoms with Crippen LogP contribution in [-0.2, 0) is 20.7 Å². The number of rotatable bonds is 10. The number of amides is 2. The number of primary amides is 1. The highest BCUT2D eigenvalue weighted by Gasteiger charge is 2.09. The molecule has 7 nitrogen and oxygen atoms in total. The van der Waals surface area contributed by atoms with Crippen molar-refractivity contribution in [1.29, 1.82) is 0 Å². The zero-order valence-electron chi connectivity index (χ0n) is 16.6. The Kier molecular flexibility index (Phi) is 9.47. The first-order valence-corrected chi connectivity index (χ1v) is 10.0. The fraction of sp³-hybridized carbons (Fsp3) is 0.273. The molecule has 2 aromatic carbocycles. The first-order chi connectivity index (χ1) is 14.4. The molecule has 0 fully saturated rings. The average molecular weight is 428 g/mol. The highest BCUT2D eigenvalue weighted by atomic mass is 32.1. The molecule has 0 aliphatic carbocycles. The Morgan fingerprint density at radius 2 is 1.73 bits per heavy atom. The molecule has 4 N–H and O–H groups in total. The third-order valence-corrected chi connectivity index (χ3v) is 4.36. The van der Waals surface area contributed by atoms with Gasteiger partial charge in [-0.2, -0.15) is 0 Å². The number of nitrogens with two attached hydrogens (primary N) is 1. The van der Waals surface area contributed by atoms with Gasteiger partial charge in [-0.3, -0.25) is 14.4 Å². The minimum atomic E-state index is -0.555. The van der Waals surface area contributed by atoms with E-state index in [0.29, 0.717) is 24.3 Å². The van der Waals surface area contributed by atoms with Gasteiger partial charge in [0, 0.05) is 24.1 Å². The number of aryl methyl sites for hydroxylation is 1. The molecule has 0 aromatic heterocycles. The molecule has 30 heavy (non-hydrogen) atoms. The highest BCUT2D eigenvalue weighted by Crippen LogP contribution is 2.10. The van der Waals surface area contributed by atoms with Gasteiger partial charge in [0.05, 0.1) is 6.61 Å². The second kappa shape index (κ2) is 12.3. The van der Waals surface area contributed by atoms with Crippen molar-refractivity contribution in [2.45, 2.75) is 32.1 Å². The summed E-state index contributed by atoms with van der Waals surface area (Å²) in [4.78, 5) is 34.9. The molecule has 0 unspecified atom stereocenters. The summed E-state index contributed by atoms with van der Waals surface area (Å²) < 4.78 is 5.19. The van der Waals surface area contributed by atoms with Gasteiger partial charge in [-0.25, -0.2) is 0 Å². The van der Waals surface area contributed by atoms with Crippen LogP contribution >= 0.6 is 12.2 Å². The van der Waals surface area contributed by atoms with E-state index in [4.69, 9.17) is 22.7 Å². The van der Waals surface area contributed by atoms with E-state index in [2.05, 4.69) is 10.6 Å². The summed E-state index contributed by atoms with van der Waals surface area (Å²) in [5.41, 5.74) is 7.30. The number of ether oxygens (including phenoxy) is 1. The Morgan fingerprint density at radius 1 is 0.967 bits per heavy atom. The van der Waals surface area contributed by atoms with E-state index in [-0.39, 0.29) is 29.8 Å². The van der Waals surface area contributed by atoms with Crippen LogP contribution in [0.4, 0.5) is 5.69 Å². The molecule has 2 rings (SSSR count). The molecule has 2 aromatic rings. The third-order valence-electron chi connectivity index (χ3n) is 4.16. The maximum atomic E-state index is 12.0. The van der Waals surface area contributed by atoms with Gasteiger partial charge < -0.3 is 21.1 Å². The molecule has 0 atom stereocenters. The van der Waals surface area contributed by atoms with E-state index < -0.39 is 5.91 Å². The zero-order chi connectivity index (χ0) is 21.8. The van der Waals surface area contributed by atoms with Crippen LogP contribution in [0.2, 0.25) is 0 Å². The zero-order valence-corrected chi connectivity index (χ0v) is 17.4.